The lowest BCUT2D eigenvalue weighted by Crippen LogP contribution is -2.49. The summed E-state index contributed by atoms with van der Waals surface area (Å²) in [6.45, 7) is 1.93. The maximum atomic E-state index is 13.6. The van der Waals surface area contributed by atoms with Crippen molar-refractivity contribution in [3.63, 3.8) is 0 Å². The molecule has 3 aromatic rings. The summed E-state index contributed by atoms with van der Waals surface area (Å²) in [5, 5.41) is 2.59. The molecule has 1 aliphatic rings. The molecule has 2 amide bonds. The Bertz CT molecular complexity index is 1500. The van der Waals surface area contributed by atoms with Crippen LogP contribution in [0.3, 0.4) is 0 Å². The number of ether oxygens (including phenoxy) is 1. The van der Waals surface area contributed by atoms with E-state index in [4.69, 9.17) is 16.3 Å². The van der Waals surface area contributed by atoms with Gasteiger partial charge in [0.15, 0.2) is 0 Å². The number of aryl methyl sites for hydroxylation is 1. The quantitative estimate of drug-likeness (QED) is 0.302. The van der Waals surface area contributed by atoms with Crippen LogP contribution in [0.15, 0.2) is 47.8 Å². The molecule has 3 heterocycles. The van der Waals surface area contributed by atoms with E-state index in [1.807, 2.05) is 7.05 Å². The van der Waals surface area contributed by atoms with Gasteiger partial charge in [-0.05, 0) is 42.7 Å². The molecule has 14 heteroatoms. The van der Waals surface area contributed by atoms with Gasteiger partial charge < -0.3 is 19.5 Å². The Labute approximate surface area is 241 Å². The average Bonchev–Trinajstić information content (AvgIpc) is 3.67. The molecule has 2 aromatic heterocycles. The molecule has 11 nitrogen and oxygen atoms in total. The van der Waals surface area contributed by atoms with Crippen LogP contribution in [-0.2, 0) is 44.2 Å². The summed E-state index contributed by atoms with van der Waals surface area (Å²) in [5.74, 6) is -1.42. The lowest BCUT2D eigenvalue weighted by Gasteiger charge is -2.23. The molecule has 4 rings (SSSR count). The molecule has 0 aliphatic carbocycles. The van der Waals surface area contributed by atoms with E-state index in [1.165, 1.54) is 12.1 Å². The number of rotatable bonds is 12. The van der Waals surface area contributed by atoms with Crippen LogP contribution in [0, 0.1) is 0 Å². The molecule has 1 aromatic carbocycles. The first kappa shape index (κ1) is 29.7. The van der Waals surface area contributed by atoms with Crippen molar-refractivity contribution >= 4 is 56.4 Å². The van der Waals surface area contributed by atoms with Crippen molar-refractivity contribution in [1.29, 1.82) is 0 Å². The van der Waals surface area contributed by atoms with Crippen LogP contribution in [0.2, 0.25) is 4.34 Å². The molecule has 0 bridgehead atoms. The van der Waals surface area contributed by atoms with Crippen molar-refractivity contribution in [2.45, 2.75) is 43.5 Å². The van der Waals surface area contributed by atoms with Crippen molar-refractivity contribution in [3.8, 4) is 0 Å². The number of esters is 1. The summed E-state index contributed by atoms with van der Waals surface area (Å²) in [6.07, 6.45) is 5.07. The molecule has 1 aliphatic heterocycles. The molecule has 0 unspecified atom stereocenters. The van der Waals surface area contributed by atoms with Gasteiger partial charge in [-0.15, -0.1) is 11.3 Å². The van der Waals surface area contributed by atoms with E-state index in [-0.39, 0.29) is 24.0 Å². The Morgan fingerprint density at radius 1 is 1.25 bits per heavy atom. The highest BCUT2D eigenvalue weighted by atomic mass is 35.5. The smallest absolute Gasteiger partial charge is 0.326 e. The van der Waals surface area contributed by atoms with Crippen molar-refractivity contribution in [3.05, 3.63) is 63.3 Å². The largest absolute Gasteiger partial charge is 0.464 e. The monoisotopic (exact) mass is 607 g/mol. The molecule has 0 spiro atoms. The number of hydrogen-bond acceptors (Lipinski definition) is 8. The number of halogens is 1. The predicted molar refractivity (Wildman–Crippen MR) is 151 cm³/mol. The molecule has 1 fully saturated rings. The minimum atomic E-state index is -4.27. The molecule has 214 valence electrons. The zero-order chi connectivity index (χ0) is 28.9. The highest BCUT2D eigenvalue weighted by molar-refractivity contribution is 7.89. The highest BCUT2D eigenvalue weighted by Crippen LogP contribution is 2.31. The first-order valence-corrected chi connectivity index (χ1v) is 15.4. The predicted octanol–water partition coefficient (Wildman–Crippen LogP) is 2.69. The van der Waals surface area contributed by atoms with Gasteiger partial charge in [0, 0.05) is 50.6 Å². The van der Waals surface area contributed by atoms with Gasteiger partial charge in [0.25, 0.3) is 5.91 Å². The molecule has 1 atom stereocenters. The minimum Gasteiger partial charge on any atom is -0.464 e. The summed E-state index contributed by atoms with van der Waals surface area (Å²) in [7, 11) is -2.46. The van der Waals surface area contributed by atoms with Gasteiger partial charge in [-0.3, -0.25) is 14.4 Å². The van der Waals surface area contributed by atoms with E-state index in [0.717, 1.165) is 17.0 Å². The first-order valence-electron chi connectivity index (χ1n) is 12.7. The second kappa shape index (κ2) is 12.9. The molecule has 0 radical (unpaired) electrons. The number of carbonyl (C=O) groups excluding carboxylic acids is 3. The Kier molecular flexibility index (Phi) is 9.61. The van der Waals surface area contributed by atoms with Crippen LogP contribution >= 0.6 is 22.9 Å². The summed E-state index contributed by atoms with van der Waals surface area (Å²) in [6, 6.07) is 6.40. The zero-order valence-corrected chi connectivity index (χ0v) is 24.4. The van der Waals surface area contributed by atoms with Gasteiger partial charge in [-0.2, -0.15) is 4.72 Å². The van der Waals surface area contributed by atoms with Gasteiger partial charge in [0.2, 0.25) is 15.9 Å². The van der Waals surface area contributed by atoms with E-state index in [1.54, 1.807) is 47.1 Å². The second-order valence-electron chi connectivity index (χ2n) is 9.16. The number of nitrogens with zero attached hydrogens (tertiary/aromatic N) is 3. The molecular weight excluding hydrogens is 578 g/mol. The van der Waals surface area contributed by atoms with Gasteiger partial charge in [0.05, 0.1) is 27.0 Å². The lowest BCUT2D eigenvalue weighted by atomic mass is 10.1. The van der Waals surface area contributed by atoms with E-state index in [0.29, 0.717) is 52.7 Å². The maximum Gasteiger partial charge on any atom is 0.326 e. The summed E-state index contributed by atoms with van der Waals surface area (Å²) < 4.78 is 37.3. The van der Waals surface area contributed by atoms with Crippen LogP contribution < -0.4 is 14.9 Å². The van der Waals surface area contributed by atoms with Gasteiger partial charge in [-0.1, -0.05) is 24.6 Å². The Morgan fingerprint density at radius 3 is 2.67 bits per heavy atom. The summed E-state index contributed by atoms with van der Waals surface area (Å²) in [5.41, 5.74) is 1.82. The molecule has 1 saturated heterocycles. The van der Waals surface area contributed by atoms with Crippen LogP contribution in [0.5, 0.6) is 0 Å². The van der Waals surface area contributed by atoms with E-state index < -0.39 is 27.9 Å². The average molecular weight is 608 g/mol. The van der Waals surface area contributed by atoms with Gasteiger partial charge >= 0.3 is 5.97 Å². The number of sulfonamides is 1. The van der Waals surface area contributed by atoms with E-state index in [9.17, 15) is 22.8 Å². The maximum absolute atomic E-state index is 13.6. The van der Waals surface area contributed by atoms with Crippen molar-refractivity contribution in [1.82, 2.24) is 19.6 Å². The Balaban J connectivity index is 1.55. The van der Waals surface area contributed by atoms with Gasteiger partial charge in [-0.25, -0.2) is 13.4 Å². The molecule has 0 saturated carbocycles. The van der Waals surface area contributed by atoms with Crippen LogP contribution in [0.1, 0.15) is 40.7 Å². The minimum absolute atomic E-state index is 0.0160. The number of carbonyl (C=O) groups is 3. The van der Waals surface area contributed by atoms with Gasteiger partial charge in [0.1, 0.15) is 6.04 Å². The molecular formula is C26H30ClN5O6S2. The SMILES string of the molecule is CCc1c(N2CCCC2=O)cccc1S(=O)(=O)N[C@@H](CNC(=O)c1ccc(Cl)s1)C(=O)OCCc1cncn1C. The molecule has 40 heavy (non-hydrogen) atoms. The lowest BCUT2D eigenvalue weighted by molar-refractivity contribution is -0.145. The van der Waals surface area contributed by atoms with Crippen molar-refractivity contribution in [2.75, 3.05) is 24.6 Å². The number of benzene rings is 1. The number of nitrogens with one attached hydrogen (secondary N) is 2. The number of thiophene rings is 1. The fourth-order valence-corrected chi connectivity index (χ4v) is 6.91. The number of aromatic nitrogens is 2. The zero-order valence-electron chi connectivity index (χ0n) is 22.1. The second-order valence-corrected chi connectivity index (χ2v) is 12.6. The van der Waals surface area contributed by atoms with Crippen LogP contribution in [-0.4, -0.2) is 61.5 Å². The third kappa shape index (κ3) is 6.89. The van der Waals surface area contributed by atoms with Crippen molar-refractivity contribution in [2.24, 2.45) is 7.05 Å². The number of imidazole rings is 1. The summed E-state index contributed by atoms with van der Waals surface area (Å²) in [4.78, 5) is 44.0. The Hall–Kier alpha value is -3.26. The number of anilines is 1. The van der Waals surface area contributed by atoms with E-state index in [2.05, 4.69) is 15.0 Å². The fourth-order valence-electron chi connectivity index (χ4n) is 4.44. The third-order valence-corrected chi connectivity index (χ3v) is 9.27. The topological polar surface area (TPSA) is 140 Å². The standard InChI is InChI=1S/C26H30ClN5O6S2/c1-3-18-20(32-12-5-8-24(32)33)6-4-7-22(18)40(36,37)30-19(15-29-25(34)21-9-10-23(27)39-21)26(35)38-13-11-17-14-28-16-31(17)2/h4,6-7,9-10,14,16,19,30H,3,5,8,11-13,15H2,1-2H3,(H,29,34)/t19-/m0/s1. The third-order valence-electron chi connectivity index (χ3n) is 6.48. The van der Waals surface area contributed by atoms with Crippen LogP contribution in [0.4, 0.5) is 5.69 Å². The fraction of sp³-hybridized carbons (Fsp3) is 0.385. The normalized spacial score (nSPS) is 14.4. The van der Waals surface area contributed by atoms with Crippen LogP contribution in [0.25, 0.3) is 0 Å². The summed E-state index contributed by atoms with van der Waals surface area (Å²) >= 11 is 6.98. The number of amides is 2. The van der Waals surface area contributed by atoms with E-state index >= 15 is 0 Å². The first-order chi connectivity index (χ1) is 19.1. The molecule has 2 N–H and O–H groups in total. The number of hydrogen-bond donors (Lipinski definition) is 2. The Morgan fingerprint density at radius 2 is 2.05 bits per heavy atom. The van der Waals surface area contributed by atoms with Crippen molar-refractivity contribution < 1.29 is 27.5 Å². The highest BCUT2D eigenvalue weighted by Gasteiger charge is 2.31.